The molecule has 0 spiro atoms. The average molecular weight is 813 g/mol. The Balaban J connectivity index is 1.56. The summed E-state index contributed by atoms with van der Waals surface area (Å²) >= 11 is 0. The molecule has 58 heavy (non-hydrogen) atoms. The van der Waals surface area contributed by atoms with E-state index >= 15 is 0 Å². The molecule has 0 heterocycles. The van der Waals surface area contributed by atoms with Gasteiger partial charge in [-0.15, -0.1) is 12.0 Å². The van der Waals surface area contributed by atoms with Gasteiger partial charge in [-0.2, -0.15) is 0 Å². The summed E-state index contributed by atoms with van der Waals surface area (Å²) < 4.78 is 35.1. The van der Waals surface area contributed by atoms with Gasteiger partial charge in [0.1, 0.15) is 14.7 Å². The van der Waals surface area contributed by atoms with E-state index in [0.29, 0.717) is 21.5 Å². The number of fused-ring (bicyclic) bond motifs is 3. The van der Waals surface area contributed by atoms with E-state index < -0.39 is 69.7 Å². The summed E-state index contributed by atoms with van der Waals surface area (Å²) in [6.07, 6.45) is 2.52. The van der Waals surface area contributed by atoms with Crippen molar-refractivity contribution in [2.75, 3.05) is 26.2 Å². The van der Waals surface area contributed by atoms with Gasteiger partial charge >= 0.3 is 12.1 Å². The summed E-state index contributed by atoms with van der Waals surface area (Å²) in [7, 11) is -2.11. The fourth-order valence-electron chi connectivity index (χ4n) is 7.82. The highest BCUT2D eigenvalue weighted by Crippen LogP contribution is 2.44. The van der Waals surface area contributed by atoms with Crippen molar-refractivity contribution in [3.8, 4) is 34.9 Å². The quantitative estimate of drug-likeness (QED) is 0.0709. The number of carbonyl (C=O) groups excluding carboxylic acids is 4. The van der Waals surface area contributed by atoms with E-state index in [1.54, 1.807) is 0 Å². The second-order valence-electron chi connectivity index (χ2n) is 15.2. The van der Waals surface area contributed by atoms with Gasteiger partial charge in [-0.1, -0.05) is 102 Å². The number of carboxylic acids is 1. The van der Waals surface area contributed by atoms with Crippen LogP contribution < -0.4 is 16.2 Å². The second kappa shape index (κ2) is 19.4. The van der Waals surface area contributed by atoms with Crippen molar-refractivity contribution >= 4 is 37.9 Å². The SMILES string of the molecule is C#CCN(CC(F)(F)CCC(=O)O)C(=O)c1cc(C(=O)NCC#C[Si](C(C)C)(C(C)C)C(C)C)cc(C(=O)NNC(=O)OCC2c3ccccc3-c3ccccc32)c1. The predicted octanol–water partition coefficient (Wildman–Crippen LogP) is 7.40. The van der Waals surface area contributed by atoms with Gasteiger partial charge in [0.25, 0.3) is 23.6 Å². The number of nitrogens with zero attached hydrogens (tertiary/aromatic N) is 1. The lowest BCUT2D eigenvalue weighted by Crippen LogP contribution is -2.43. The normalized spacial score (nSPS) is 12.2. The molecular formula is C44H50F2N4O7Si. The summed E-state index contributed by atoms with van der Waals surface area (Å²) in [5.74, 6) is -2.73. The molecule has 1 aliphatic carbocycles. The number of benzene rings is 3. The van der Waals surface area contributed by atoms with Crippen LogP contribution in [0.1, 0.15) is 103 Å². The number of hydrogen-bond donors (Lipinski definition) is 4. The van der Waals surface area contributed by atoms with Crippen LogP contribution in [-0.2, 0) is 9.53 Å². The van der Waals surface area contributed by atoms with Crippen LogP contribution >= 0.6 is 0 Å². The molecule has 0 saturated carbocycles. The van der Waals surface area contributed by atoms with Crippen LogP contribution in [0.3, 0.4) is 0 Å². The minimum atomic E-state index is -3.62. The molecule has 0 atom stereocenters. The molecule has 3 aromatic carbocycles. The van der Waals surface area contributed by atoms with Gasteiger partial charge in [-0.3, -0.25) is 24.6 Å². The van der Waals surface area contributed by atoms with E-state index in [-0.39, 0.29) is 35.8 Å². The molecule has 0 radical (unpaired) electrons. The Morgan fingerprint density at radius 3 is 1.91 bits per heavy atom. The Kier molecular flexibility index (Phi) is 15.0. The Labute approximate surface area is 339 Å². The van der Waals surface area contributed by atoms with Gasteiger partial charge in [-0.05, 0) is 57.1 Å². The summed E-state index contributed by atoms with van der Waals surface area (Å²) in [4.78, 5) is 65.1. The number of nitrogens with one attached hydrogen (secondary N) is 3. The van der Waals surface area contributed by atoms with Crippen molar-refractivity contribution in [1.29, 1.82) is 0 Å². The summed E-state index contributed by atoms with van der Waals surface area (Å²) in [6.45, 7) is 11.1. The summed E-state index contributed by atoms with van der Waals surface area (Å²) in [5, 5.41) is 11.6. The molecule has 11 nitrogen and oxygen atoms in total. The first-order chi connectivity index (χ1) is 27.4. The van der Waals surface area contributed by atoms with E-state index in [1.807, 2.05) is 48.5 Å². The second-order valence-corrected chi connectivity index (χ2v) is 20.8. The number of hydrogen-bond acceptors (Lipinski definition) is 6. The lowest BCUT2D eigenvalue weighted by Gasteiger charge is -2.38. The lowest BCUT2D eigenvalue weighted by atomic mass is 9.98. The van der Waals surface area contributed by atoms with Gasteiger partial charge in [0.15, 0.2) is 0 Å². The lowest BCUT2D eigenvalue weighted by molar-refractivity contribution is -0.139. The Bertz CT molecular complexity index is 2070. The largest absolute Gasteiger partial charge is 0.481 e. The third kappa shape index (κ3) is 10.7. The molecule has 0 aromatic heterocycles. The number of carboxylic acid groups (broad SMARTS) is 1. The van der Waals surface area contributed by atoms with Crippen molar-refractivity contribution in [3.05, 3.63) is 94.5 Å². The fourth-order valence-corrected chi connectivity index (χ4v) is 13.1. The average Bonchev–Trinajstić information content (AvgIpc) is 3.50. The highest BCUT2D eigenvalue weighted by Gasteiger charge is 2.41. The van der Waals surface area contributed by atoms with Gasteiger partial charge in [0, 0.05) is 29.0 Å². The van der Waals surface area contributed by atoms with E-state index in [1.165, 1.54) is 6.07 Å². The number of hydrazine groups is 1. The number of ether oxygens (including phenoxy) is 1. The van der Waals surface area contributed by atoms with Gasteiger partial charge in [0.2, 0.25) is 0 Å². The fraction of sp³-hybridized carbons (Fsp3) is 0.386. The first-order valence-corrected chi connectivity index (χ1v) is 21.3. The zero-order valence-electron chi connectivity index (χ0n) is 33.6. The molecular weight excluding hydrogens is 763 g/mol. The van der Waals surface area contributed by atoms with Crippen LogP contribution in [0.5, 0.6) is 0 Å². The molecule has 14 heteroatoms. The van der Waals surface area contributed by atoms with Crippen LogP contribution in [-0.4, -0.2) is 80.0 Å². The number of rotatable bonds is 15. The molecule has 1 aliphatic rings. The maximum absolute atomic E-state index is 14.8. The van der Waals surface area contributed by atoms with E-state index in [4.69, 9.17) is 16.3 Å². The minimum Gasteiger partial charge on any atom is -0.481 e. The number of terminal acetylenes is 1. The monoisotopic (exact) mass is 812 g/mol. The number of aliphatic carboxylic acids is 1. The molecule has 0 fully saturated rings. The molecule has 4 amide bonds. The van der Waals surface area contributed by atoms with E-state index in [0.717, 1.165) is 34.4 Å². The number of halogens is 2. The van der Waals surface area contributed by atoms with Gasteiger partial charge < -0.3 is 20.1 Å². The van der Waals surface area contributed by atoms with Crippen LogP contribution in [0.2, 0.25) is 16.6 Å². The molecule has 306 valence electrons. The maximum atomic E-state index is 14.8. The van der Waals surface area contributed by atoms with Crippen LogP contribution in [0.4, 0.5) is 13.6 Å². The van der Waals surface area contributed by atoms with Gasteiger partial charge in [-0.25, -0.2) is 19.0 Å². The van der Waals surface area contributed by atoms with Crippen LogP contribution in [0.15, 0.2) is 66.7 Å². The van der Waals surface area contributed by atoms with E-state index in [9.17, 15) is 32.8 Å². The van der Waals surface area contributed by atoms with Crippen molar-refractivity contribution < 1.29 is 42.6 Å². The van der Waals surface area contributed by atoms with Crippen molar-refractivity contribution in [2.45, 2.75) is 82.8 Å². The third-order valence-corrected chi connectivity index (χ3v) is 16.9. The summed E-state index contributed by atoms with van der Waals surface area (Å²) in [6, 6.07) is 18.9. The van der Waals surface area contributed by atoms with Crippen molar-refractivity contribution in [2.24, 2.45) is 0 Å². The highest BCUT2D eigenvalue weighted by molar-refractivity contribution is 6.90. The first-order valence-electron chi connectivity index (χ1n) is 19.1. The van der Waals surface area contributed by atoms with Gasteiger partial charge in [0.05, 0.1) is 26.1 Å². The third-order valence-electron chi connectivity index (χ3n) is 10.5. The Morgan fingerprint density at radius 1 is 0.845 bits per heavy atom. The number of alkyl halides is 2. The zero-order valence-corrected chi connectivity index (χ0v) is 34.6. The molecule has 0 unspecified atom stereocenters. The Hall–Kier alpha value is -5.99. The number of carbonyl (C=O) groups is 5. The number of amides is 4. The molecule has 0 aliphatic heterocycles. The minimum absolute atomic E-state index is 0.0375. The molecule has 3 aromatic rings. The van der Waals surface area contributed by atoms with Crippen LogP contribution in [0, 0.1) is 23.8 Å². The molecule has 4 N–H and O–H groups in total. The standard InChI is InChI=1S/C44H50F2N4O7Si/c1-8-21-50(27-44(45,46)19-18-39(51)52)42(55)33-24-31(40(53)47-20-13-22-58(28(2)3,29(4)5)30(6)7)23-32(25-33)41(54)48-49-43(56)57-26-38-36-16-11-9-14-34(36)35-15-10-12-17-37(35)38/h1,9-12,14-17,23-25,28-30,38H,18-21,26-27H2,2-7H3,(H,47,53)(H,48,54)(H,49,56)(H,51,52). The van der Waals surface area contributed by atoms with Crippen LogP contribution in [0.25, 0.3) is 11.1 Å². The smallest absolute Gasteiger partial charge is 0.426 e. The molecule has 0 saturated heterocycles. The van der Waals surface area contributed by atoms with Crippen molar-refractivity contribution in [3.63, 3.8) is 0 Å². The predicted molar refractivity (Wildman–Crippen MR) is 220 cm³/mol. The maximum Gasteiger partial charge on any atom is 0.426 e. The van der Waals surface area contributed by atoms with E-state index in [2.05, 4.69) is 75.1 Å². The zero-order chi connectivity index (χ0) is 42.8. The molecule has 0 bridgehead atoms. The summed E-state index contributed by atoms with van der Waals surface area (Å²) in [5.41, 5.74) is 12.2. The first kappa shape index (κ1) is 44.7. The topological polar surface area (TPSA) is 154 Å². The molecule has 4 rings (SSSR count). The Morgan fingerprint density at radius 2 is 1.38 bits per heavy atom. The van der Waals surface area contributed by atoms with Crippen molar-refractivity contribution in [1.82, 2.24) is 21.1 Å². The highest BCUT2D eigenvalue weighted by atomic mass is 28.3.